The fourth-order valence-electron chi connectivity index (χ4n) is 3.51. The van der Waals surface area contributed by atoms with Gasteiger partial charge in [0, 0.05) is 19.1 Å². The first-order chi connectivity index (χ1) is 11.7. The molecule has 25 heavy (non-hydrogen) atoms. The molecule has 0 spiro atoms. The third-order valence-electron chi connectivity index (χ3n) is 4.74. The highest BCUT2D eigenvalue weighted by Crippen LogP contribution is 2.23. The summed E-state index contributed by atoms with van der Waals surface area (Å²) in [6, 6.07) is 9.86. The monoisotopic (exact) mass is 361 g/mol. The Kier molecular flexibility index (Phi) is 5.11. The van der Waals surface area contributed by atoms with Gasteiger partial charge in [0.1, 0.15) is 11.6 Å². The van der Waals surface area contributed by atoms with Crippen LogP contribution in [-0.2, 0) is 4.79 Å². The summed E-state index contributed by atoms with van der Waals surface area (Å²) in [7, 11) is 0. The molecule has 2 aliphatic heterocycles. The number of carbonyl (C=O) groups is 1. The van der Waals surface area contributed by atoms with Crippen LogP contribution in [0.3, 0.4) is 0 Å². The summed E-state index contributed by atoms with van der Waals surface area (Å²) in [4.78, 5) is 18.7. The van der Waals surface area contributed by atoms with E-state index >= 15 is 0 Å². The van der Waals surface area contributed by atoms with Crippen LogP contribution >= 0.6 is 12.4 Å². The molecule has 2 saturated heterocycles. The molecule has 3 atom stereocenters. The fraction of sp³-hybridized carbons (Fsp3) is 0.471. The molecule has 8 heteroatoms. The number of para-hydroxylation sites is 2. The number of aromatic nitrogens is 1. The standard InChI is InChI=1S/C17H19N5O2.ClH/c18-9-12-4-3-7-22(12)16(23)14-8-11(10-19-14)20-17-21-13-5-1-2-6-15(13)24-17;/h1-2,5-6,11-12,14,19H,3-4,7-8,10H2,(H,20,21);1H/t11-,12+,14+;/m1./s1. The third-order valence-corrected chi connectivity index (χ3v) is 4.74. The molecule has 4 rings (SSSR count). The Morgan fingerprint density at radius 1 is 1.44 bits per heavy atom. The van der Waals surface area contributed by atoms with Gasteiger partial charge in [-0.15, -0.1) is 12.4 Å². The number of fused-ring (bicyclic) bond motifs is 1. The van der Waals surface area contributed by atoms with Gasteiger partial charge in [0.05, 0.1) is 12.1 Å². The van der Waals surface area contributed by atoms with Gasteiger partial charge in [-0.05, 0) is 31.4 Å². The highest BCUT2D eigenvalue weighted by Gasteiger charge is 2.37. The van der Waals surface area contributed by atoms with E-state index in [0.29, 0.717) is 25.5 Å². The fourth-order valence-corrected chi connectivity index (χ4v) is 3.51. The number of nitriles is 1. The summed E-state index contributed by atoms with van der Waals surface area (Å²) in [5, 5.41) is 15.7. The molecular formula is C17H20ClN5O2. The Bertz CT molecular complexity index is 769. The number of halogens is 1. The van der Waals surface area contributed by atoms with Crippen LogP contribution < -0.4 is 10.6 Å². The molecule has 0 radical (unpaired) electrons. The number of anilines is 1. The molecular weight excluding hydrogens is 342 g/mol. The van der Waals surface area contributed by atoms with Gasteiger partial charge in [0.25, 0.3) is 6.01 Å². The average molecular weight is 362 g/mol. The third kappa shape index (κ3) is 3.41. The van der Waals surface area contributed by atoms with Gasteiger partial charge in [-0.1, -0.05) is 12.1 Å². The van der Waals surface area contributed by atoms with Gasteiger partial charge >= 0.3 is 0 Å². The van der Waals surface area contributed by atoms with Crippen LogP contribution in [0, 0.1) is 11.3 Å². The van der Waals surface area contributed by atoms with Gasteiger partial charge in [0.2, 0.25) is 5.91 Å². The Balaban J connectivity index is 0.00000182. The van der Waals surface area contributed by atoms with Gasteiger partial charge < -0.3 is 20.0 Å². The second kappa shape index (κ2) is 7.30. The molecule has 0 unspecified atom stereocenters. The molecule has 2 fully saturated rings. The number of oxazole rings is 1. The predicted molar refractivity (Wildman–Crippen MR) is 95.4 cm³/mol. The van der Waals surface area contributed by atoms with Crippen LogP contribution in [0.2, 0.25) is 0 Å². The minimum Gasteiger partial charge on any atom is -0.424 e. The van der Waals surface area contributed by atoms with Crippen LogP contribution in [-0.4, -0.2) is 47.0 Å². The zero-order valence-electron chi connectivity index (χ0n) is 13.6. The second-order valence-corrected chi connectivity index (χ2v) is 6.34. The first kappa shape index (κ1) is 17.5. The molecule has 1 aromatic carbocycles. The van der Waals surface area contributed by atoms with Gasteiger partial charge in [-0.25, -0.2) is 0 Å². The van der Waals surface area contributed by atoms with E-state index < -0.39 is 0 Å². The highest BCUT2D eigenvalue weighted by atomic mass is 35.5. The molecule has 1 amide bonds. The highest BCUT2D eigenvalue weighted by molar-refractivity contribution is 5.85. The van der Waals surface area contributed by atoms with Crippen molar-refractivity contribution in [2.75, 3.05) is 18.4 Å². The van der Waals surface area contributed by atoms with E-state index in [1.165, 1.54) is 0 Å². The SMILES string of the molecule is Cl.N#C[C@@H]1CCCN1C(=O)[C@@H]1C[C@@H](Nc2nc3ccccc3o2)CN1. The van der Waals surface area contributed by atoms with Gasteiger partial charge in [-0.3, -0.25) is 4.79 Å². The van der Waals surface area contributed by atoms with Crippen molar-refractivity contribution in [2.24, 2.45) is 0 Å². The molecule has 3 heterocycles. The molecule has 7 nitrogen and oxygen atoms in total. The van der Waals surface area contributed by atoms with Crippen molar-refractivity contribution in [3.05, 3.63) is 24.3 Å². The van der Waals surface area contributed by atoms with Crippen molar-refractivity contribution in [3.8, 4) is 6.07 Å². The predicted octanol–water partition coefficient (Wildman–Crippen LogP) is 1.91. The Morgan fingerprint density at radius 2 is 2.28 bits per heavy atom. The summed E-state index contributed by atoms with van der Waals surface area (Å²) in [5.74, 6) is 0.0286. The number of carbonyl (C=O) groups excluding carboxylic acids is 1. The minimum absolute atomic E-state index is 0. The summed E-state index contributed by atoms with van der Waals surface area (Å²) in [6.07, 6.45) is 2.34. The van der Waals surface area contributed by atoms with E-state index in [0.717, 1.165) is 23.9 Å². The van der Waals surface area contributed by atoms with Crippen molar-refractivity contribution in [2.45, 2.75) is 37.4 Å². The summed E-state index contributed by atoms with van der Waals surface area (Å²) in [6.45, 7) is 1.35. The minimum atomic E-state index is -0.275. The smallest absolute Gasteiger partial charge is 0.295 e. The number of likely N-dealkylation sites (tertiary alicyclic amines) is 1. The van der Waals surface area contributed by atoms with E-state index in [2.05, 4.69) is 21.7 Å². The number of benzene rings is 1. The number of hydrogen-bond acceptors (Lipinski definition) is 6. The lowest BCUT2D eigenvalue weighted by atomic mass is 10.1. The average Bonchev–Trinajstić information content (AvgIpc) is 3.32. The van der Waals surface area contributed by atoms with Crippen LogP contribution in [0.25, 0.3) is 11.1 Å². The molecule has 0 bridgehead atoms. The lowest BCUT2D eigenvalue weighted by molar-refractivity contribution is -0.133. The maximum Gasteiger partial charge on any atom is 0.295 e. The molecule has 0 aliphatic carbocycles. The molecule has 2 aromatic rings. The molecule has 0 saturated carbocycles. The Hall–Kier alpha value is -2.30. The molecule has 1 aromatic heterocycles. The molecule has 132 valence electrons. The first-order valence-electron chi connectivity index (χ1n) is 8.30. The lowest BCUT2D eigenvalue weighted by Gasteiger charge is -2.23. The molecule has 2 N–H and O–H groups in total. The second-order valence-electron chi connectivity index (χ2n) is 6.34. The number of rotatable bonds is 3. The van der Waals surface area contributed by atoms with Crippen molar-refractivity contribution < 1.29 is 9.21 Å². The number of nitrogens with zero attached hydrogens (tertiary/aromatic N) is 3. The summed E-state index contributed by atoms with van der Waals surface area (Å²) in [5.41, 5.74) is 1.56. The van der Waals surface area contributed by atoms with Crippen molar-refractivity contribution in [1.29, 1.82) is 5.26 Å². The van der Waals surface area contributed by atoms with Gasteiger partial charge in [0.15, 0.2) is 5.58 Å². The van der Waals surface area contributed by atoms with Crippen LogP contribution in [0.1, 0.15) is 19.3 Å². The maximum absolute atomic E-state index is 12.6. The van der Waals surface area contributed by atoms with E-state index in [1.54, 1.807) is 4.90 Å². The first-order valence-corrected chi connectivity index (χ1v) is 8.30. The number of nitrogens with one attached hydrogen (secondary N) is 2. The van der Waals surface area contributed by atoms with E-state index in [1.807, 2.05) is 24.3 Å². The van der Waals surface area contributed by atoms with Crippen molar-refractivity contribution >= 4 is 35.4 Å². The van der Waals surface area contributed by atoms with E-state index in [-0.39, 0.29) is 36.4 Å². The van der Waals surface area contributed by atoms with E-state index in [9.17, 15) is 4.79 Å². The molecule has 2 aliphatic rings. The van der Waals surface area contributed by atoms with Crippen LogP contribution in [0.4, 0.5) is 6.01 Å². The zero-order valence-corrected chi connectivity index (χ0v) is 14.5. The lowest BCUT2D eigenvalue weighted by Crippen LogP contribution is -2.45. The number of amides is 1. The normalized spacial score (nSPS) is 25.6. The van der Waals surface area contributed by atoms with Crippen LogP contribution in [0.5, 0.6) is 0 Å². The number of hydrogen-bond donors (Lipinski definition) is 2. The summed E-state index contributed by atoms with van der Waals surface area (Å²) >= 11 is 0. The van der Waals surface area contributed by atoms with Crippen molar-refractivity contribution in [3.63, 3.8) is 0 Å². The quantitative estimate of drug-likeness (QED) is 0.867. The van der Waals surface area contributed by atoms with Crippen LogP contribution in [0.15, 0.2) is 28.7 Å². The van der Waals surface area contributed by atoms with E-state index in [4.69, 9.17) is 9.68 Å². The van der Waals surface area contributed by atoms with Crippen molar-refractivity contribution in [1.82, 2.24) is 15.2 Å². The summed E-state index contributed by atoms with van der Waals surface area (Å²) < 4.78 is 5.67. The van der Waals surface area contributed by atoms with Gasteiger partial charge in [-0.2, -0.15) is 10.2 Å². The Morgan fingerprint density at radius 3 is 3.08 bits per heavy atom. The zero-order chi connectivity index (χ0) is 16.5. The maximum atomic E-state index is 12.6. The topological polar surface area (TPSA) is 94.2 Å². The largest absolute Gasteiger partial charge is 0.424 e. The Labute approximate surface area is 151 Å².